The van der Waals surface area contributed by atoms with Gasteiger partial charge in [-0.3, -0.25) is 9.59 Å². The van der Waals surface area contributed by atoms with Gasteiger partial charge in [-0.1, -0.05) is 24.3 Å². The molecule has 1 aliphatic heterocycles. The van der Waals surface area contributed by atoms with Crippen LogP contribution in [0.25, 0.3) is 0 Å². The summed E-state index contributed by atoms with van der Waals surface area (Å²) in [5.41, 5.74) is 8.52. The highest BCUT2D eigenvalue weighted by Gasteiger charge is 2.28. The van der Waals surface area contributed by atoms with Crippen LogP contribution in [0.2, 0.25) is 0 Å². The summed E-state index contributed by atoms with van der Waals surface area (Å²) in [7, 11) is 0. The van der Waals surface area contributed by atoms with Crippen LogP contribution in [0.3, 0.4) is 0 Å². The molecule has 2 heterocycles. The molecule has 1 aromatic carbocycles. The van der Waals surface area contributed by atoms with Gasteiger partial charge in [0.1, 0.15) is 6.10 Å². The predicted octanol–water partition coefficient (Wildman–Crippen LogP) is 0.677. The molecule has 0 unspecified atom stereocenters. The highest BCUT2D eigenvalue weighted by atomic mass is 32.1. The Morgan fingerprint density at radius 3 is 2.60 bits per heavy atom. The Labute approximate surface area is 149 Å². The number of amides is 2. The molecule has 0 spiro atoms. The minimum absolute atomic E-state index is 0.245. The lowest BCUT2D eigenvalue weighted by molar-refractivity contribution is -0.143. The fraction of sp³-hybridized carbons (Fsp3) is 0.353. The van der Waals surface area contributed by atoms with Gasteiger partial charge in [-0.2, -0.15) is 0 Å². The van der Waals surface area contributed by atoms with E-state index in [4.69, 9.17) is 5.73 Å². The van der Waals surface area contributed by atoms with Crippen LogP contribution >= 0.6 is 11.3 Å². The van der Waals surface area contributed by atoms with Crippen LogP contribution in [0.5, 0.6) is 0 Å². The number of aliphatic hydroxyl groups is 1. The van der Waals surface area contributed by atoms with Crippen LogP contribution in [0, 0.1) is 0 Å². The average Bonchev–Trinajstić information content (AvgIpc) is 3.20. The number of aliphatic hydroxyl groups excluding tert-OH is 1. The molecule has 1 aliphatic rings. The minimum Gasteiger partial charge on any atom is -0.383 e. The number of carbonyl (C=O) groups is 2. The molecule has 8 heteroatoms. The SMILES string of the molecule is Nc1nc(CCNC(=O)C[C@@H](O)C(=O)N2Cc3ccccc3C2)cs1. The Morgan fingerprint density at radius 2 is 2.00 bits per heavy atom. The quantitative estimate of drug-likeness (QED) is 0.702. The second-order valence-corrected chi connectivity index (χ2v) is 6.85. The first-order valence-corrected chi connectivity index (χ1v) is 8.91. The van der Waals surface area contributed by atoms with Crippen molar-refractivity contribution in [1.82, 2.24) is 15.2 Å². The molecule has 25 heavy (non-hydrogen) atoms. The number of rotatable bonds is 6. The highest BCUT2D eigenvalue weighted by Crippen LogP contribution is 2.23. The molecule has 0 saturated heterocycles. The third-order valence-electron chi connectivity index (χ3n) is 4.09. The zero-order valence-corrected chi connectivity index (χ0v) is 14.5. The number of nitrogens with zero attached hydrogens (tertiary/aromatic N) is 2. The Balaban J connectivity index is 1.43. The van der Waals surface area contributed by atoms with Crippen LogP contribution < -0.4 is 11.1 Å². The van der Waals surface area contributed by atoms with E-state index in [-0.39, 0.29) is 12.3 Å². The van der Waals surface area contributed by atoms with Crippen molar-refractivity contribution in [3.05, 3.63) is 46.5 Å². The van der Waals surface area contributed by atoms with Crippen molar-refractivity contribution in [2.24, 2.45) is 0 Å². The van der Waals surface area contributed by atoms with Crippen LogP contribution in [0.1, 0.15) is 23.2 Å². The number of carbonyl (C=O) groups excluding carboxylic acids is 2. The lowest BCUT2D eigenvalue weighted by Crippen LogP contribution is -2.39. The molecule has 0 saturated carbocycles. The number of hydrogen-bond donors (Lipinski definition) is 3. The maximum absolute atomic E-state index is 12.3. The number of fused-ring (bicyclic) bond motifs is 1. The van der Waals surface area contributed by atoms with Gasteiger partial charge in [-0.25, -0.2) is 4.98 Å². The minimum atomic E-state index is -1.33. The summed E-state index contributed by atoms with van der Waals surface area (Å²) in [5, 5.41) is 15.1. The smallest absolute Gasteiger partial charge is 0.252 e. The molecule has 1 aromatic heterocycles. The fourth-order valence-corrected chi connectivity index (χ4v) is 3.40. The number of thiazole rings is 1. The molecular formula is C17H20N4O3S. The molecule has 0 fully saturated rings. The second kappa shape index (κ2) is 7.62. The molecule has 2 aromatic rings. The summed E-state index contributed by atoms with van der Waals surface area (Å²) in [5.74, 6) is -0.778. The zero-order valence-electron chi connectivity index (χ0n) is 13.6. The van der Waals surface area contributed by atoms with Crippen molar-refractivity contribution in [3.63, 3.8) is 0 Å². The summed E-state index contributed by atoms with van der Waals surface area (Å²) in [6.45, 7) is 1.33. The summed E-state index contributed by atoms with van der Waals surface area (Å²) in [6, 6.07) is 7.78. The normalized spacial score (nSPS) is 14.2. The van der Waals surface area contributed by atoms with E-state index in [2.05, 4.69) is 10.3 Å². The van der Waals surface area contributed by atoms with Crippen LogP contribution in [-0.4, -0.2) is 39.5 Å². The molecular weight excluding hydrogens is 340 g/mol. The van der Waals surface area contributed by atoms with Crippen LogP contribution in [0.4, 0.5) is 5.13 Å². The topological polar surface area (TPSA) is 109 Å². The molecule has 0 aliphatic carbocycles. The number of hydrogen-bond acceptors (Lipinski definition) is 6. The highest BCUT2D eigenvalue weighted by molar-refractivity contribution is 7.13. The van der Waals surface area contributed by atoms with E-state index in [0.717, 1.165) is 16.8 Å². The predicted molar refractivity (Wildman–Crippen MR) is 94.6 cm³/mol. The van der Waals surface area contributed by atoms with E-state index < -0.39 is 12.0 Å². The van der Waals surface area contributed by atoms with Gasteiger partial charge in [0.2, 0.25) is 5.91 Å². The number of nitrogen functional groups attached to an aromatic ring is 1. The summed E-state index contributed by atoms with van der Waals surface area (Å²) in [4.78, 5) is 29.9. The van der Waals surface area contributed by atoms with E-state index in [1.165, 1.54) is 11.3 Å². The van der Waals surface area contributed by atoms with Crippen molar-refractivity contribution in [2.45, 2.75) is 32.0 Å². The molecule has 7 nitrogen and oxygen atoms in total. The summed E-state index contributed by atoms with van der Waals surface area (Å²) >= 11 is 1.35. The summed E-state index contributed by atoms with van der Waals surface area (Å²) < 4.78 is 0. The first-order valence-electron chi connectivity index (χ1n) is 8.03. The molecule has 0 radical (unpaired) electrons. The van der Waals surface area contributed by atoms with E-state index in [1.807, 2.05) is 29.6 Å². The Bertz CT molecular complexity index is 752. The lowest BCUT2D eigenvalue weighted by Gasteiger charge is -2.19. The van der Waals surface area contributed by atoms with Crippen molar-refractivity contribution in [2.75, 3.05) is 12.3 Å². The number of nitrogens with two attached hydrogens (primary N) is 1. The van der Waals surface area contributed by atoms with Crippen molar-refractivity contribution < 1.29 is 14.7 Å². The first-order chi connectivity index (χ1) is 12.0. The van der Waals surface area contributed by atoms with E-state index in [0.29, 0.717) is 31.2 Å². The number of benzene rings is 1. The third-order valence-corrected chi connectivity index (χ3v) is 4.81. The maximum Gasteiger partial charge on any atom is 0.252 e. The monoisotopic (exact) mass is 360 g/mol. The van der Waals surface area contributed by atoms with Gasteiger partial charge in [0.05, 0.1) is 12.1 Å². The van der Waals surface area contributed by atoms with Gasteiger partial charge in [-0.05, 0) is 11.1 Å². The van der Waals surface area contributed by atoms with Crippen molar-refractivity contribution in [3.8, 4) is 0 Å². The van der Waals surface area contributed by atoms with Gasteiger partial charge in [0, 0.05) is 31.4 Å². The zero-order chi connectivity index (χ0) is 17.8. The largest absolute Gasteiger partial charge is 0.383 e. The lowest BCUT2D eigenvalue weighted by atomic mass is 10.1. The molecule has 4 N–H and O–H groups in total. The maximum atomic E-state index is 12.3. The molecule has 1 atom stereocenters. The van der Waals surface area contributed by atoms with E-state index >= 15 is 0 Å². The van der Waals surface area contributed by atoms with Crippen LogP contribution in [-0.2, 0) is 29.1 Å². The second-order valence-electron chi connectivity index (χ2n) is 5.96. The van der Waals surface area contributed by atoms with Gasteiger partial charge in [0.25, 0.3) is 5.91 Å². The van der Waals surface area contributed by atoms with E-state index in [1.54, 1.807) is 4.90 Å². The van der Waals surface area contributed by atoms with Gasteiger partial charge in [-0.15, -0.1) is 11.3 Å². The molecule has 0 bridgehead atoms. The first kappa shape index (κ1) is 17.4. The standard InChI is InChI=1S/C17H20N4O3S/c18-17-20-13(10-25-17)5-6-19-15(23)7-14(22)16(24)21-8-11-3-1-2-4-12(11)9-21/h1-4,10,14,22H,5-9H2,(H2,18,20)(H,19,23)/t14-/m1/s1. The fourth-order valence-electron chi connectivity index (χ4n) is 2.80. The van der Waals surface area contributed by atoms with E-state index in [9.17, 15) is 14.7 Å². The van der Waals surface area contributed by atoms with Gasteiger partial charge < -0.3 is 21.1 Å². The van der Waals surface area contributed by atoms with Gasteiger partial charge in [0.15, 0.2) is 5.13 Å². The summed E-state index contributed by atoms with van der Waals surface area (Å²) in [6.07, 6.45) is -1.01. The van der Waals surface area contributed by atoms with Gasteiger partial charge >= 0.3 is 0 Å². The van der Waals surface area contributed by atoms with Crippen molar-refractivity contribution >= 4 is 28.3 Å². The average molecular weight is 360 g/mol. The number of nitrogens with one attached hydrogen (secondary N) is 1. The Kier molecular flexibility index (Phi) is 5.30. The van der Waals surface area contributed by atoms with Crippen LogP contribution in [0.15, 0.2) is 29.6 Å². The Morgan fingerprint density at radius 1 is 1.32 bits per heavy atom. The number of anilines is 1. The third kappa shape index (κ3) is 4.34. The number of aromatic nitrogens is 1. The molecule has 2 amide bonds. The van der Waals surface area contributed by atoms with Crippen molar-refractivity contribution in [1.29, 1.82) is 0 Å². The molecule has 3 rings (SSSR count). The Hall–Kier alpha value is -2.45. The molecule has 132 valence electrons.